The summed E-state index contributed by atoms with van der Waals surface area (Å²) in [6, 6.07) is 4.10. The van der Waals surface area contributed by atoms with Gasteiger partial charge >= 0.3 is 0 Å². The third-order valence-corrected chi connectivity index (χ3v) is 3.33. The molecule has 20 heavy (non-hydrogen) atoms. The van der Waals surface area contributed by atoms with Gasteiger partial charge in [-0.25, -0.2) is 0 Å². The Morgan fingerprint density at radius 1 is 1.25 bits per heavy atom. The van der Waals surface area contributed by atoms with Crippen LogP contribution in [0.15, 0.2) is 18.3 Å². The Morgan fingerprint density at radius 2 is 2.00 bits per heavy atom. The first-order chi connectivity index (χ1) is 9.47. The summed E-state index contributed by atoms with van der Waals surface area (Å²) in [7, 11) is 4.18. The van der Waals surface area contributed by atoms with Crippen LogP contribution in [-0.2, 0) is 0 Å². The van der Waals surface area contributed by atoms with Gasteiger partial charge in [0, 0.05) is 25.0 Å². The van der Waals surface area contributed by atoms with E-state index >= 15 is 0 Å². The lowest BCUT2D eigenvalue weighted by Crippen LogP contribution is -2.34. The van der Waals surface area contributed by atoms with Crippen molar-refractivity contribution in [1.82, 2.24) is 15.1 Å². The molecule has 2 rings (SSSR count). The Balaban J connectivity index is 2.30. The van der Waals surface area contributed by atoms with Crippen LogP contribution < -0.4 is 10.6 Å². The molecule has 0 saturated heterocycles. The van der Waals surface area contributed by atoms with Gasteiger partial charge in [0.05, 0.1) is 23.1 Å². The van der Waals surface area contributed by atoms with Crippen molar-refractivity contribution < 1.29 is 0 Å². The molecule has 0 saturated carbocycles. The second-order valence-corrected chi connectivity index (χ2v) is 6.01. The zero-order valence-electron chi connectivity index (χ0n) is 12.8. The van der Waals surface area contributed by atoms with Crippen LogP contribution in [0.2, 0.25) is 0 Å². The van der Waals surface area contributed by atoms with E-state index < -0.39 is 0 Å². The predicted molar refractivity (Wildman–Crippen MR) is 86.1 cm³/mol. The third kappa shape index (κ3) is 3.42. The first kappa shape index (κ1) is 14.7. The number of fused-ring (bicyclic) bond motifs is 1. The standard InChI is InChI=1S/C15H25N5/c1-11(2)10-20(6-5-19(3)4)15-8-14-12(7-13(15)16)9-17-18-14/h7-9,11H,5-6,10,16H2,1-4H3,(H,17,18). The van der Waals surface area contributed by atoms with Crippen LogP contribution in [0.1, 0.15) is 13.8 Å². The van der Waals surface area contributed by atoms with E-state index in [0.29, 0.717) is 5.92 Å². The second-order valence-electron chi connectivity index (χ2n) is 6.01. The topological polar surface area (TPSA) is 61.2 Å². The van der Waals surface area contributed by atoms with Gasteiger partial charge in [-0.15, -0.1) is 0 Å². The molecule has 0 amide bonds. The van der Waals surface area contributed by atoms with E-state index in [1.165, 1.54) is 0 Å². The summed E-state index contributed by atoms with van der Waals surface area (Å²) in [6.07, 6.45) is 1.81. The molecule has 0 unspecified atom stereocenters. The van der Waals surface area contributed by atoms with Crippen LogP contribution in [0.25, 0.3) is 10.9 Å². The molecule has 1 aromatic heterocycles. The van der Waals surface area contributed by atoms with Crippen molar-refractivity contribution in [2.24, 2.45) is 5.92 Å². The molecular weight excluding hydrogens is 250 g/mol. The highest BCUT2D eigenvalue weighted by atomic mass is 15.2. The van der Waals surface area contributed by atoms with E-state index in [1.54, 1.807) is 0 Å². The van der Waals surface area contributed by atoms with Crippen LogP contribution in [-0.4, -0.2) is 48.8 Å². The predicted octanol–water partition coefficient (Wildman–Crippen LogP) is 2.17. The van der Waals surface area contributed by atoms with Crippen LogP contribution in [0, 0.1) is 5.92 Å². The highest BCUT2D eigenvalue weighted by Crippen LogP contribution is 2.28. The molecule has 0 atom stereocenters. The van der Waals surface area contributed by atoms with Gasteiger partial charge in [0.2, 0.25) is 0 Å². The normalized spacial score (nSPS) is 11.7. The average molecular weight is 275 g/mol. The molecule has 3 N–H and O–H groups in total. The maximum atomic E-state index is 6.23. The zero-order chi connectivity index (χ0) is 14.7. The summed E-state index contributed by atoms with van der Waals surface area (Å²) in [4.78, 5) is 4.55. The van der Waals surface area contributed by atoms with Gasteiger partial charge in [-0.3, -0.25) is 5.10 Å². The number of benzene rings is 1. The fourth-order valence-corrected chi connectivity index (χ4v) is 2.34. The lowest BCUT2D eigenvalue weighted by molar-refractivity contribution is 0.409. The van der Waals surface area contributed by atoms with Crippen molar-refractivity contribution in [2.75, 3.05) is 44.4 Å². The molecule has 0 spiro atoms. The Kier molecular flexibility index (Phi) is 4.49. The minimum Gasteiger partial charge on any atom is -0.397 e. The van der Waals surface area contributed by atoms with Crippen molar-refractivity contribution in [2.45, 2.75) is 13.8 Å². The number of nitrogen functional groups attached to an aromatic ring is 1. The smallest absolute Gasteiger partial charge is 0.0672 e. The van der Waals surface area contributed by atoms with E-state index in [-0.39, 0.29) is 0 Å². The molecule has 0 aliphatic carbocycles. The summed E-state index contributed by atoms with van der Waals surface area (Å²) in [5.41, 5.74) is 9.18. The quantitative estimate of drug-likeness (QED) is 0.793. The molecule has 0 fully saturated rings. The summed E-state index contributed by atoms with van der Waals surface area (Å²) >= 11 is 0. The fraction of sp³-hybridized carbons (Fsp3) is 0.533. The molecule has 1 heterocycles. The monoisotopic (exact) mass is 275 g/mol. The van der Waals surface area contributed by atoms with Crippen LogP contribution in [0.5, 0.6) is 0 Å². The second kappa shape index (κ2) is 6.13. The number of hydrogen-bond acceptors (Lipinski definition) is 4. The van der Waals surface area contributed by atoms with Gasteiger partial charge in [-0.2, -0.15) is 5.10 Å². The first-order valence-corrected chi connectivity index (χ1v) is 7.09. The third-order valence-electron chi connectivity index (χ3n) is 3.33. The SMILES string of the molecule is CC(C)CN(CCN(C)C)c1cc2[nH]ncc2cc1N. The summed E-state index contributed by atoms with van der Waals surface area (Å²) in [5, 5.41) is 8.15. The summed E-state index contributed by atoms with van der Waals surface area (Å²) < 4.78 is 0. The Hall–Kier alpha value is -1.75. The number of nitrogens with one attached hydrogen (secondary N) is 1. The number of aromatic amines is 1. The summed E-state index contributed by atoms with van der Waals surface area (Å²) in [6.45, 7) is 7.43. The lowest BCUT2D eigenvalue weighted by atomic mass is 10.1. The van der Waals surface area contributed by atoms with Crippen molar-refractivity contribution in [3.05, 3.63) is 18.3 Å². The minimum absolute atomic E-state index is 0.592. The van der Waals surface area contributed by atoms with Gasteiger partial charge in [-0.05, 0) is 32.1 Å². The van der Waals surface area contributed by atoms with Crippen molar-refractivity contribution in [1.29, 1.82) is 0 Å². The van der Waals surface area contributed by atoms with Gasteiger partial charge in [0.25, 0.3) is 0 Å². The molecule has 0 radical (unpaired) electrons. The Labute approximate surface area is 120 Å². The van der Waals surface area contributed by atoms with E-state index in [4.69, 9.17) is 5.73 Å². The van der Waals surface area contributed by atoms with Crippen LogP contribution in [0.3, 0.4) is 0 Å². The molecule has 0 bridgehead atoms. The number of likely N-dealkylation sites (N-methyl/N-ethyl adjacent to an activating group) is 1. The number of H-pyrrole nitrogens is 1. The number of nitrogens with two attached hydrogens (primary N) is 1. The molecule has 0 aliphatic rings. The summed E-state index contributed by atoms with van der Waals surface area (Å²) in [5.74, 6) is 0.592. The lowest BCUT2D eigenvalue weighted by Gasteiger charge is -2.29. The molecule has 5 nitrogen and oxygen atoms in total. The number of anilines is 2. The molecular formula is C15H25N5. The molecule has 5 heteroatoms. The van der Waals surface area contributed by atoms with Gasteiger partial charge in [0.1, 0.15) is 0 Å². The van der Waals surface area contributed by atoms with E-state index in [9.17, 15) is 0 Å². The maximum absolute atomic E-state index is 6.23. The van der Waals surface area contributed by atoms with Gasteiger partial charge in [-0.1, -0.05) is 13.8 Å². The van der Waals surface area contributed by atoms with E-state index in [1.807, 2.05) is 12.3 Å². The molecule has 0 aliphatic heterocycles. The highest BCUT2D eigenvalue weighted by molar-refractivity contribution is 5.88. The largest absolute Gasteiger partial charge is 0.397 e. The van der Waals surface area contributed by atoms with E-state index in [2.05, 4.69) is 54.0 Å². The Bertz CT molecular complexity index is 558. The van der Waals surface area contributed by atoms with Crippen LogP contribution >= 0.6 is 0 Å². The number of nitrogens with zero attached hydrogens (tertiary/aromatic N) is 3. The van der Waals surface area contributed by atoms with Crippen molar-refractivity contribution in [3.8, 4) is 0 Å². The molecule has 110 valence electrons. The van der Waals surface area contributed by atoms with Gasteiger partial charge in [0.15, 0.2) is 0 Å². The average Bonchev–Trinajstić information content (AvgIpc) is 2.80. The molecule has 1 aromatic carbocycles. The number of aromatic nitrogens is 2. The van der Waals surface area contributed by atoms with Crippen molar-refractivity contribution in [3.63, 3.8) is 0 Å². The number of hydrogen-bond donors (Lipinski definition) is 2. The maximum Gasteiger partial charge on any atom is 0.0672 e. The minimum atomic E-state index is 0.592. The zero-order valence-corrected chi connectivity index (χ0v) is 12.8. The number of rotatable bonds is 6. The highest BCUT2D eigenvalue weighted by Gasteiger charge is 2.13. The Morgan fingerprint density at radius 3 is 2.65 bits per heavy atom. The van der Waals surface area contributed by atoms with Gasteiger partial charge < -0.3 is 15.5 Å². The molecule has 2 aromatic rings. The van der Waals surface area contributed by atoms with E-state index in [0.717, 1.165) is 41.9 Å². The van der Waals surface area contributed by atoms with Crippen LogP contribution in [0.4, 0.5) is 11.4 Å². The van der Waals surface area contributed by atoms with Crippen molar-refractivity contribution >= 4 is 22.3 Å². The fourth-order valence-electron chi connectivity index (χ4n) is 2.34. The first-order valence-electron chi connectivity index (χ1n) is 7.09.